The van der Waals surface area contributed by atoms with E-state index in [-0.39, 0.29) is 5.91 Å². The minimum Gasteiger partial charge on any atom is -0.349 e. The molecule has 6 nitrogen and oxygen atoms in total. The SMILES string of the molecule is CN1CCN(C)C(CNC(=O)c2ccc(C#N)cn2)C1. The van der Waals surface area contributed by atoms with E-state index in [4.69, 9.17) is 5.26 Å². The van der Waals surface area contributed by atoms with Crippen LogP contribution in [0.25, 0.3) is 0 Å². The second-order valence-corrected chi connectivity index (χ2v) is 5.15. The molecule has 1 aromatic heterocycles. The first kappa shape index (κ1) is 14.4. The van der Waals surface area contributed by atoms with Crippen molar-refractivity contribution in [3.05, 3.63) is 29.6 Å². The molecule has 1 atom stereocenters. The Bertz CT molecular complexity index is 507. The van der Waals surface area contributed by atoms with Crippen molar-refractivity contribution in [3.8, 4) is 6.07 Å². The number of carbonyl (C=O) groups is 1. The van der Waals surface area contributed by atoms with E-state index >= 15 is 0 Å². The molecule has 6 heteroatoms. The molecule has 0 aromatic carbocycles. The van der Waals surface area contributed by atoms with Crippen LogP contribution in [-0.2, 0) is 0 Å². The number of nitrogens with one attached hydrogen (secondary N) is 1. The van der Waals surface area contributed by atoms with Crippen molar-refractivity contribution in [2.24, 2.45) is 0 Å². The Balaban J connectivity index is 1.89. The highest BCUT2D eigenvalue weighted by Crippen LogP contribution is 2.05. The molecule has 0 aliphatic carbocycles. The predicted octanol–water partition coefficient (Wildman–Crippen LogP) is -0.0711. The smallest absolute Gasteiger partial charge is 0.269 e. The molecular formula is C14H19N5O. The van der Waals surface area contributed by atoms with Gasteiger partial charge in [-0.2, -0.15) is 5.26 Å². The van der Waals surface area contributed by atoms with Crippen molar-refractivity contribution < 1.29 is 4.79 Å². The fourth-order valence-corrected chi connectivity index (χ4v) is 2.22. The van der Waals surface area contributed by atoms with Crippen molar-refractivity contribution in [3.63, 3.8) is 0 Å². The fourth-order valence-electron chi connectivity index (χ4n) is 2.22. The lowest BCUT2D eigenvalue weighted by Gasteiger charge is -2.37. The van der Waals surface area contributed by atoms with Crippen molar-refractivity contribution in [2.45, 2.75) is 6.04 Å². The van der Waals surface area contributed by atoms with Gasteiger partial charge in [0.15, 0.2) is 0 Å². The molecule has 0 spiro atoms. The topological polar surface area (TPSA) is 72.3 Å². The average molecular weight is 273 g/mol. The van der Waals surface area contributed by atoms with Crippen molar-refractivity contribution >= 4 is 5.91 Å². The van der Waals surface area contributed by atoms with Gasteiger partial charge in [-0.25, -0.2) is 4.98 Å². The van der Waals surface area contributed by atoms with Gasteiger partial charge in [-0.15, -0.1) is 0 Å². The maximum Gasteiger partial charge on any atom is 0.269 e. The quantitative estimate of drug-likeness (QED) is 0.834. The van der Waals surface area contributed by atoms with E-state index in [1.807, 2.05) is 6.07 Å². The monoisotopic (exact) mass is 273 g/mol. The van der Waals surface area contributed by atoms with Crippen LogP contribution >= 0.6 is 0 Å². The van der Waals surface area contributed by atoms with Gasteiger partial charge in [0, 0.05) is 38.4 Å². The summed E-state index contributed by atoms with van der Waals surface area (Å²) in [7, 11) is 4.16. The zero-order valence-electron chi connectivity index (χ0n) is 11.8. The van der Waals surface area contributed by atoms with Crippen LogP contribution in [0.4, 0.5) is 0 Å². The summed E-state index contributed by atoms with van der Waals surface area (Å²) in [6, 6.07) is 5.47. The van der Waals surface area contributed by atoms with E-state index in [9.17, 15) is 4.79 Å². The lowest BCUT2D eigenvalue weighted by atomic mass is 10.2. The molecule has 20 heavy (non-hydrogen) atoms. The number of hydrogen-bond acceptors (Lipinski definition) is 5. The molecule has 1 aromatic rings. The first-order chi connectivity index (χ1) is 9.60. The van der Waals surface area contributed by atoms with E-state index in [1.165, 1.54) is 6.20 Å². The number of nitrogens with zero attached hydrogens (tertiary/aromatic N) is 4. The van der Waals surface area contributed by atoms with Crippen LogP contribution in [-0.4, -0.2) is 67.0 Å². The Labute approximate surface area is 119 Å². The van der Waals surface area contributed by atoms with Crippen LogP contribution < -0.4 is 5.32 Å². The summed E-state index contributed by atoms with van der Waals surface area (Å²) < 4.78 is 0. The highest BCUT2D eigenvalue weighted by molar-refractivity contribution is 5.92. The number of rotatable bonds is 3. The largest absolute Gasteiger partial charge is 0.349 e. The van der Waals surface area contributed by atoms with Gasteiger partial charge < -0.3 is 10.2 Å². The maximum absolute atomic E-state index is 12.0. The Morgan fingerprint density at radius 3 is 2.95 bits per heavy atom. The number of amides is 1. The molecule has 1 fully saturated rings. The van der Waals surface area contributed by atoms with Gasteiger partial charge >= 0.3 is 0 Å². The van der Waals surface area contributed by atoms with Gasteiger partial charge in [0.2, 0.25) is 0 Å². The van der Waals surface area contributed by atoms with Gasteiger partial charge in [0.05, 0.1) is 5.56 Å². The molecule has 1 unspecified atom stereocenters. The molecule has 1 aliphatic heterocycles. The lowest BCUT2D eigenvalue weighted by Crippen LogP contribution is -2.54. The number of hydrogen-bond donors (Lipinski definition) is 1. The molecule has 2 rings (SSSR count). The molecule has 106 valence electrons. The number of carbonyl (C=O) groups excluding carboxylic acids is 1. The van der Waals surface area contributed by atoms with Gasteiger partial charge in [0.25, 0.3) is 5.91 Å². The molecule has 1 N–H and O–H groups in total. The van der Waals surface area contributed by atoms with Crippen LogP contribution in [0, 0.1) is 11.3 Å². The van der Waals surface area contributed by atoms with E-state index in [1.54, 1.807) is 12.1 Å². The van der Waals surface area contributed by atoms with E-state index in [2.05, 4.69) is 34.2 Å². The molecule has 2 heterocycles. The third-order valence-corrected chi connectivity index (χ3v) is 3.60. The maximum atomic E-state index is 12.0. The fraction of sp³-hybridized carbons (Fsp3) is 0.500. The minimum absolute atomic E-state index is 0.198. The van der Waals surface area contributed by atoms with Gasteiger partial charge in [-0.3, -0.25) is 9.69 Å². The zero-order valence-corrected chi connectivity index (χ0v) is 11.8. The average Bonchev–Trinajstić information content (AvgIpc) is 2.48. The molecule has 1 amide bonds. The summed E-state index contributed by atoms with van der Waals surface area (Å²) in [6.07, 6.45) is 1.41. The normalized spacial score (nSPS) is 20.4. The number of aromatic nitrogens is 1. The number of pyridine rings is 1. The third kappa shape index (κ3) is 3.53. The number of nitriles is 1. The second-order valence-electron chi connectivity index (χ2n) is 5.15. The molecule has 0 saturated carbocycles. The van der Waals surface area contributed by atoms with E-state index in [0.717, 1.165) is 19.6 Å². The molecule has 0 bridgehead atoms. The van der Waals surface area contributed by atoms with E-state index < -0.39 is 0 Å². The predicted molar refractivity (Wildman–Crippen MR) is 75.2 cm³/mol. The summed E-state index contributed by atoms with van der Waals surface area (Å²) in [5.41, 5.74) is 0.797. The highest BCUT2D eigenvalue weighted by atomic mass is 16.1. The number of piperazine rings is 1. The number of likely N-dealkylation sites (N-methyl/N-ethyl adjacent to an activating group) is 2. The summed E-state index contributed by atoms with van der Waals surface area (Å²) in [5.74, 6) is -0.198. The van der Waals surface area contributed by atoms with Crippen LogP contribution in [0.2, 0.25) is 0 Å². The highest BCUT2D eigenvalue weighted by Gasteiger charge is 2.22. The zero-order chi connectivity index (χ0) is 14.5. The van der Waals surface area contributed by atoms with Crippen LogP contribution in [0.1, 0.15) is 16.1 Å². The van der Waals surface area contributed by atoms with Gasteiger partial charge in [0.1, 0.15) is 11.8 Å². The summed E-state index contributed by atoms with van der Waals surface area (Å²) in [4.78, 5) is 20.5. The van der Waals surface area contributed by atoms with E-state index in [0.29, 0.717) is 23.8 Å². The van der Waals surface area contributed by atoms with Gasteiger partial charge in [-0.1, -0.05) is 0 Å². The van der Waals surface area contributed by atoms with Crippen molar-refractivity contribution in [1.29, 1.82) is 5.26 Å². The molecular weight excluding hydrogens is 254 g/mol. The summed E-state index contributed by atoms with van der Waals surface area (Å²) in [5, 5.41) is 11.6. The Morgan fingerprint density at radius 2 is 2.30 bits per heavy atom. The standard InChI is InChI=1S/C14H19N5O/c1-18-5-6-19(2)12(10-18)9-17-14(20)13-4-3-11(7-15)8-16-13/h3-4,8,12H,5-6,9-10H2,1-2H3,(H,17,20). The van der Waals surface area contributed by atoms with Crippen molar-refractivity contribution in [2.75, 3.05) is 40.3 Å². The first-order valence-corrected chi connectivity index (χ1v) is 6.63. The van der Waals surface area contributed by atoms with Crippen LogP contribution in [0.5, 0.6) is 0 Å². The van der Waals surface area contributed by atoms with Crippen LogP contribution in [0.15, 0.2) is 18.3 Å². The van der Waals surface area contributed by atoms with Crippen LogP contribution in [0.3, 0.4) is 0 Å². The molecule has 1 aliphatic rings. The van der Waals surface area contributed by atoms with Gasteiger partial charge in [-0.05, 0) is 26.2 Å². The Morgan fingerprint density at radius 1 is 1.50 bits per heavy atom. The molecule has 0 radical (unpaired) electrons. The van der Waals surface area contributed by atoms with Crippen molar-refractivity contribution in [1.82, 2.24) is 20.1 Å². The summed E-state index contributed by atoms with van der Waals surface area (Å²) >= 11 is 0. The Kier molecular flexibility index (Phi) is 4.66. The minimum atomic E-state index is -0.198. The molecule has 1 saturated heterocycles. The Hall–Kier alpha value is -1.97. The first-order valence-electron chi connectivity index (χ1n) is 6.63. The lowest BCUT2D eigenvalue weighted by molar-refractivity contribution is 0.0877. The second kappa shape index (κ2) is 6.46. The summed E-state index contributed by atoms with van der Waals surface area (Å²) in [6.45, 7) is 3.60. The third-order valence-electron chi connectivity index (χ3n) is 3.60.